The summed E-state index contributed by atoms with van der Waals surface area (Å²) in [6.45, 7) is 7.05. The first-order valence-corrected chi connectivity index (χ1v) is 15.0. The zero-order chi connectivity index (χ0) is 24.9. The molecule has 8 unspecified atom stereocenters. The maximum absolute atomic E-state index is 12.2. The van der Waals surface area contributed by atoms with E-state index in [-0.39, 0.29) is 35.5 Å². The van der Waals surface area contributed by atoms with Crippen LogP contribution in [0.3, 0.4) is 0 Å². The van der Waals surface area contributed by atoms with Crippen LogP contribution in [0.1, 0.15) is 85.0 Å². The average Bonchev–Trinajstić information content (AvgIpc) is 3.09. The molecule has 0 heterocycles. The lowest BCUT2D eigenvalue weighted by Gasteiger charge is -2.62. The molecule has 0 aliphatic heterocycles. The third kappa shape index (κ3) is 4.94. The fourth-order valence-corrected chi connectivity index (χ4v) is 9.50. The first-order chi connectivity index (χ1) is 15.8. The van der Waals surface area contributed by atoms with Crippen molar-refractivity contribution in [3.8, 4) is 0 Å². The second-order valence-corrected chi connectivity index (χ2v) is 14.2. The molecule has 196 valence electrons. The Morgan fingerprint density at radius 1 is 1.03 bits per heavy atom. The van der Waals surface area contributed by atoms with Gasteiger partial charge in [0.1, 0.15) is 0 Å². The Bertz CT molecular complexity index is 863. The molecule has 4 rings (SSSR count). The molecule has 0 radical (unpaired) electrons. The van der Waals surface area contributed by atoms with Crippen LogP contribution >= 0.6 is 0 Å². The summed E-state index contributed by atoms with van der Waals surface area (Å²) in [7, 11) is -4.06. The normalized spacial score (nSPS) is 45.1. The standard InChI is InChI=1S/C26H45NO6S/c1-16(4-7-23(30)27-12-13-34(31,32)33)19-5-6-20-24-21(9-11-26(19,20)3)25(2)10-8-18(28)14-17(25)15-22(24)29/h16-22,24,28-29H,4-15H2,1-3H3,(H,27,30)(H,31,32,33)/t16-,17?,18-,19?,20?,21?,22?,24?,25?,26?/m1/s1. The lowest BCUT2D eigenvalue weighted by molar-refractivity contribution is -0.174. The van der Waals surface area contributed by atoms with Crippen LogP contribution in [0.25, 0.3) is 0 Å². The Morgan fingerprint density at radius 3 is 2.41 bits per heavy atom. The number of rotatable bonds is 7. The van der Waals surface area contributed by atoms with E-state index in [9.17, 15) is 23.4 Å². The van der Waals surface area contributed by atoms with Gasteiger partial charge in [0.15, 0.2) is 0 Å². The highest BCUT2D eigenvalue weighted by molar-refractivity contribution is 7.85. The summed E-state index contributed by atoms with van der Waals surface area (Å²) < 4.78 is 30.5. The van der Waals surface area contributed by atoms with Gasteiger partial charge in [-0.15, -0.1) is 0 Å². The summed E-state index contributed by atoms with van der Waals surface area (Å²) in [6.07, 6.45) is 8.87. The van der Waals surface area contributed by atoms with E-state index in [1.807, 2.05) is 0 Å². The maximum atomic E-state index is 12.2. The van der Waals surface area contributed by atoms with Crippen molar-refractivity contribution >= 4 is 16.0 Å². The molecule has 0 bridgehead atoms. The second-order valence-electron chi connectivity index (χ2n) is 12.6. The monoisotopic (exact) mass is 499 g/mol. The molecule has 0 spiro atoms. The second kappa shape index (κ2) is 9.64. The highest BCUT2D eigenvalue weighted by atomic mass is 32.2. The van der Waals surface area contributed by atoms with E-state index < -0.39 is 15.9 Å². The molecule has 0 aromatic rings. The van der Waals surface area contributed by atoms with E-state index in [4.69, 9.17) is 4.55 Å². The van der Waals surface area contributed by atoms with Crippen molar-refractivity contribution in [2.24, 2.45) is 46.3 Å². The van der Waals surface area contributed by atoms with Gasteiger partial charge in [-0.25, -0.2) is 0 Å². The van der Waals surface area contributed by atoms with Crippen LogP contribution in [0.2, 0.25) is 0 Å². The Hall–Kier alpha value is -0.700. The van der Waals surface area contributed by atoms with Gasteiger partial charge < -0.3 is 15.5 Å². The molecule has 4 N–H and O–H groups in total. The van der Waals surface area contributed by atoms with E-state index in [0.29, 0.717) is 41.9 Å². The molecule has 4 saturated carbocycles. The number of amides is 1. The van der Waals surface area contributed by atoms with E-state index in [1.54, 1.807) is 0 Å². The van der Waals surface area contributed by atoms with Gasteiger partial charge in [-0.1, -0.05) is 20.8 Å². The summed E-state index contributed by atoms with van der Waals surface area (Å²) in [6, 6.07) is 0. The molecular formula is C26H45NO6S. The van der Waals surface area contributed by atoms with Gasteiger partial charge in [0.05, 0.1) is 18.0 Å². The highest BCUT2D eigenvalue weighted by Gasteiger charge is 2.62. The fraction of sp³-hybridized carbons (Fsp3) is 0.962. The molecule has 0 aromatic carbocycles. The largest absolute Gasteiger partial charge is 0.393 e. The van der Waals surface area contributed by atoms with Crippen LogP contribution < -0.4 is 5.32 Å². The van der Waals surface area contributed by atoms with Crippen LogP contribution in [-0.4, -0.2) is 53.6 Å². The molecule has 4 aliphatic carbocycles. The minimum atomic E-state index is -4.06. The van der Waals surface area contributed by atoms with Gasteiger partial charge in [-0.05, 0) is 104 Å². The number of carbonyl (C=O) groups is 1. The van der Waals surface area contributed by atoms with E-state index in [0.717, 1.165) is 51.4 Å². The Morgan fingerprint density at radius 2 is 1.71 bits per heavy atom. The van der Waals surface area contributed by atoms with Crippen molar-refractivity contribution in [3.05, 3.63) is 0 Å². The summed E-state index contributed by atoms with van der Waals surface area (Å²) in [4.78, 5) is 12.2. The molecule has 0 aromatic heterocycles. The molecule has 4 aliphatic rings. The Balaban J connectivity index is 1.39. The third-order valence-corrected chi connectivity index (χ3v) is 11.6. The number of hydrogen-bond donors (Lipinski definition) is 4. The topological polar surface area (TPSA) is 124 Å². The lowest BCUT2D eigenvalue weighted by atomic mass is 9.43. The van der Waals surface area contributed by atoms with Gasteiger partial charge >= 0.3 is 0 Å². The number of aliphatic hydroxyl groups excluding tert-OH is 2. The van der Waals surface area contributed by atoms with Gasteiger partial charge in [0.2, 0.25) is 5.91 Å². The summed E-state index contributed by atoms with van der Waals surface area (Å²) in [5, 5.41) is 24.2. The first kappa shape index (κ1) is 26.4. The van der Waals surface area contributed by atoms with Crippen molar-refractivity contribution in [3.63, 3.8) is 0 Å². The van der Waals surface area contributed by atoms with Crippen molar-refractivity contribution in [1.82, 2.24) is 5.32 Å². The summed E-state index contributed by atoms with van der Waals surface area (Å²) >= 11 is 0. The number of fused-ring (bicyclic) bond motifs is 5. The highest BCUT2D eigenvalue weighted by Crippen LogP contribution is 2.68. The summed E-state index contributed by atoms with van der Waals surface area (Å²) in [5.74, 6) is 2.10. The predicted octanol–water partition coefficient (Wildman–Crippen LogP) is 3.40. The molecule has 10 atom stereocenters. The van der Waals surface area contributed by atoms with Crippen LogP contribution in [0.5, 0.6) is 0 Å². The Kier molecular flexibility index (Phi) is 7.47. The maximum Gasteiger partial charge on any atom is 0.266 e. The van der Waals surface area contributed by atoms with Crippen LogP contribution in [-0.2, 0) is 14.9 Å². The minimum absolute atomic E-state index is 0.0625. The predicted molar refractivity (Wildman–Crippen MR) is 130 cm³/mol. The van der Waals surface area contributed by atoms with Crippen molar-refractivity contribution < 1.29 is 28.0 Å². The van der Waals surface area contributed by atoms with Gasteiger partial charge in [-0.3, -0.25) is 9.35 Å². The van der Waals surface area contributed by atoms with Gasteiger partial charge in [0, 0.05) is 13.0 Å². The van der Waals surface area contributed by atoms with Crippen molar-refractivity contribution in [2.75, 3.05) is 12.3 Å². The molecule has 1 amide bonds. The Labute approximate surface area is 205 Å². The molecular weight excluding hydrogens is 454 g/mol. The van der Waals surface area contributed by atoms with Gasteiger partial charge in [0.25, 0.3) is 10.1 Å². The van der Waals surface area contributed by atoms with Crippen LogP contribution in [0, 0.1) is 46.3 Å². The zero-order valence-electron chi connectivity index (χ0n) is 21.1. The van der Waals surface area contributed by atoms with E-state index >= 15 is 0 Å². The molecule has 8 heteroatoms. The lowest BCUT2D eigenvalue weighted by Crippen LogP contribution is -2.58. The molecule has 4 fully saturated rings. The van der Waals surface area contributed by atoms with E-state index in [2.05, 4.69) is 26.1 Å². The van der Waals surface area contributed by atoms with E-state index in [1.165, 1.54) is 6.42 Å². The SMILES string of the molecule is C[C@H](CCC(=O)NCCS(=O)(=O)O)C1CCC2C3C(O)CC4C[C@H](O)CCC4(C)C3CCC21C. The number of nitrogens with one attached hydrogen (secondary N) is 1. The van der Waals surface area contributed by atoms with Crippen LogP contribution in [0.15, 0.2) is 0 Å². The van der Waals surface area contributed by atoms with Gasteiger partial charge in [-0.2, -0.15) is 8.42 Å². The number of hydrogen-bond acceptors (Lipinski definition) is 5. The van der Waals surface area contributed by atoms with Crippen molar-refractivity contribution in [1.29, 1.82) is 0 Å². The smallest absolute Gasteiger partial charge is 0.266 e. The molecule has 7 nitrogen and oxygen atoms in total. The minimum Gasteiger partial charge on any atom is -0.393 e. The molecule has 0 saturated heterocycles. The van der Waals surface area contributed by atoms with Crippen molar-refractivity contribution in [2.45, 2.75) is 97.2 Å². The quantitative estimate of drug-likeness (QED) is 0.398. The fourth-order valence-electron chi connectivity index (χ4n) is 9.14. The summed E-state index contributed by atoms with van der Waals surface area (Å²) in [5.41, 5.74) is 0.411. The average molecular weight is 500 g/mol. The zero-order valence-corrected chi connectivity index (χ0v) is 21.9. The molecule has 34 heavy (non-hydrogen) atoms. The first-order valence-electron chi connectivity index (χ1n) is 13.4. The number of carbonyl (C=O) groups excluding carboxylic acids is 1. The van der Waals surface area contributed by atoms with Crippen LogP contribution in [0.4, 0.5) is 0 Å². The third-order valence-electron chi connectivity index (χ3n) is 10.9. The number of aliphatic hydroxyl groups is 2.